The van der Waals surface area contributed by atoms with Crippen molar-refractivity contribution in [3.63, 3.8) is 0 Å². The Hall–Kier alpha value is -3.06. The lowest BCUT2D eigenvalue weighted by Crippen LogP contribution is -2.38. The highest BCUT2D eigenvalue weighted by Gasteiger charge is 2.17. The van der Waals surface area contributed by atoms with Crippen LogP contribution in [0.4, 0.5) is 4.79 Å². The van der Waals surface area contributed by atoms with Crippen LogP contribution in [0.25, 0.3) is 16.9 Å². The molecular formula is C21H22N4O2S. The van der Waals surface area contributed by atoms with Crippen LogP contribution in [0, 0.1) is 13.8 Å². The van der Waals surface area contributed by atoms with E-state index in [9.17, 15) is 9.59 Å². The average molecular weight is 395 g/mol. The summed E-state index contributed by atoms with van der Waals surface area (Å²) < 4.78 is 2.06. The number of nitrogens with zero attached hydrogens (tertiary/aromatic N) is 2. The Balaban J connectivity index is 1.99. The summed E-state index contributed by atoms with van der Waals surface area (Å²) in [6.45, 7) is 4.15. The van der Waals surface area contributed by atoms with Crippen molar-refractivity contribution in [1.82, 2.24) is 20.2 Å². The molecule has 2 aromatic carbocycles. The van der Waals surface area contributed by atoms with Gasteiger partial charge in [-0.15, -0.1) is 0 Å². The second-order valence-electron chi connectivity index (χ2n) is 6.26. The molecule has 1 aromatic heterocycles. The molecule has 0 fully saturated rings. The third-order valence-electron chi connectivity index (χ3n) is 4.43. The summed E-state index contributed by atoms with van der Waals surface area (Å²) in [7, 11) is 1.47. The lowest BCUT2D eigenvalue weighted by molar-refractivity contribution is -0.117. The Kier molecular flexibility index (Phi) is 6.16. The van der Waals surface area contributed by atoms with Crippen LogP contribution in [0.5, 0.6) is 0 Å². The minimum absolute atomic E-state index is 0.0868. The maximum atomic E-state index is 12.0. The van der Waals surface area contributed by atoms with Crippen LogP contribution >= 0.6 is 11.8 Å². The molecule has 0 aliphatic rings. The molecule has 0 aliphatic heterocycles. The molecule has 0 radical (unpaired) electrons. The van der Waals surface area contributed by atoms with Crippen LogP contribution < -0.4 is 10.6 Å². The predicted octanol–water partition coefficient (Wildman–Crippen LogP) is 3.70. The van der Waals surface area contributed by atoms with Crippen LogP contribution in [0.3, 0.4) is 0 Å². The van der Waals surface area contributed by atoms with Gasteiger partial charge in [-0.2, -0.15) is 0 Å². The van der Waals surface area contributed by atoms with Gasteiger partial charge in [0.2, 0.25) is 5.91 Å². The lowest BCUT2D eigenvalue weighted by atomic mass is 10.1. The fraction of sp³-hybridized carbons (Fsp3) is 0.190. The summed E-state index contributed by atoms with van der Waals surface area (Å²) in [5.41, 5.74) is 5.33. The van der Waals surface area contributed by atoms with E-state index in [0.29, 0.717) is 5.16 Å². The van der Waals surface area contributed by atoms with Crippen molar-refractivity contribution in [3.05, 3.63) is 65.9 Å². The van der Waals surface area contributed by atoms with E-state index in [-0.39, 0.29) is 11.7 Å². The van der Waals surface area contributed by atoms with Gasteiger partial charge in [0.25, 0.3) is 0 Å². The number of rotatable bonds is 5. The largest absolute Gasteiger partial charge is 0.341 e. The second-order valence-corrected chi connectivity index (χ2v) is 7.20. The van der Waals surface area contributed by atoms with Crippen molar-refractivity contribution in [1.29, 1.82) is 0 Å². The van der Waals surface area contributed by atoms with E-state index in [2.05, 4.69) is 40.1 Å². The summed E-state index contributed by atoms with van der Waals surface area (Å²) in [6, 6.07) is 15.6. The van der Waals surface area contributed by atoms with Crippen molar-refractivity contribution in [3.8, 4) is 16.9 Å². The average Bonchev–Trinajstić information content (AvgIpc) is 3.12. The number of carbonyl (C=O) groups is 2. The number of aryl methyl sites for hydroxylation is 1. The Morgan fingerprint density at radius 1 is 1.07 bits per heavy atom. The summed E-state index contributed by atoms with van der Waals surface area (Å²) >= 11 is 1.29. The summed E-state index contributed by atoms with van der Waals surface area (Å²) in [6.07, 6.45) is 1.82. The number of urea groups is 1. The first-order valence-corrected chi connectivity index (χ1v) is 9.84. The first-order valence-electron chi connectivity index (χ1n) is 8.85. The number of amides is 3. The van der Waals surface area contributed by atoms with Crippen molar-refractivity contribution < 1.29 is 9.59 Å². The molecule has 0 bridgehead atoms. The summed E-state index contributed by atoms with van der Waals surface area (Å²) in [5, 5.41) is 5.33. The molecule has 0 atom stereocenters. The topological polar surface area (TPSA) is 76.0 Å². The number of hydrogen-bond acceptors (Lipinski definition) is 4. The minimum Gasteiger partial charge on any atom is -0.341 e. The van der Waals surface area contributed by atoms with Gasteiger partial charge in [0.15, 0.2) is 5.16 Å². The normalized spacial score (nSPS) is 10.5. The molecule has 0 unspecified atom stereocenters. The summed E-state index contributed by atoms with van der Waals surface area (Å²) in [5.74, 6) is -0.287. The van der Waals surface area contributed by atoms with Gasteiger partial charge >= 0.3 is 6.03 Å². The SMILES string of the molecule is CNC(=O)NC(=O)CSc1ncc(-c2ccccc2)n1-c1cccc(C)c1C. The van der Waals surface area contributed by atoms with Crippen LogP contribution in [-0.4, -0.2) is 34.3 Å². The van der Waals surface area contributed by atoms with E-state index < -0.39 is 6.03 Å². The van der Waals surface area contributed by atoms with E-state index in [1.807, 2.05) is 48.7 Å². The Morgan fingerprint density at radius 3 is 2.54 bits per heavy atom. The molecule has 7 heteroatoms. The predicted molar refractivity (Wildman–Crippen MR) is 112 cm³/mol. The zero-order chi connectivity index (χ0) is 20.1. The first kappa shape index (κ1) is 19.7. The molecule has 3 rings (SSSR count). The fourth-order valence-electron chi connectivity index (χ4n) is 2.82. The maximum Gasteiger partial charge on any atom is 0.321 e. The molecule has 6 nitrogen and oxygen atoms in total. The molecule has 0 spiro atoms. The fourth-order valence-corrected chi connectivity index (χ4v) is 3.60. The third kappa shape index (κ3) is 4.26. The van der Waals surface area contributed by atoms with Gasteiger partial charge in [-0.3, -0.25) is 14.7 Å². The van der Waals surface area contributed by atoms with Gasteiger partial charge in [0.1, 0.15) is 0 Å². The number of aromatic nitrogens is 2. The smallest absolute Gasteiger partial charge is 0.321 e. The third-order valence-corrected chi connectivity index (χ3v) is 5.38. The highest BCUT2D eigenvalue weighted by molar-refractivity contribution is 7.99. The van der Waals surface area contributed by atoms with Crippen molar-refractivity contribution in [2.24, 2.45) is 0 Å². The Bertz CT molecular complexity index is 999. The molecule has 3 amide bonds. The van der Waals surface area contributed by atoms with Gasteiger partial charge < -0.3 is 5.32 Å². The summed E-state index contributed by atoms with van der Waals surface area (Å²) in [4.78, 5) is 27.9. The second kappa shape index (κ2) is 8.75. The Labute approximate surface area is 168 Å². The van der Waals surface area contributed by atoms with Gasteiger partial charge in [-0.05, 0) is 31.0 Å². The van der Waals surface area contributed by atoms with E-state index in [1.54, 1.807) is 0 Å². The van der Waals surface area contributed by atoms with E-state index in [0.717, 1.165) is 22.5 Å². The van der Waals surface area contributed by atoms with Gasteiger partial charge in [0.05, 0.1) is 23.3 Å². The molecule has 1 heterocycles. The highest BCUT2D eigenvalue weighted by Crippen LogP contribution is 2.31. The number of carbonyl (C=O) groups excluding carboxylic acids is 2. The number of imidazole rings is 1. The number of hydrogen-bond donors (Lipinski definition) is 2. The van der Waals surface area contributed by atoms with Crippen molar-refractivity contribution in [2.75, 3.05) is 12.8 Å². The van der Waals surface area contributed by atoms with Crippen LogP contribution in [-0.2, 0) is 4.79 Å². The van der Waals surface area contributed by atoms with Crippen LogP contribution in [0.15, 0.2) is 59.9 Å². The van der Waals surface area contributed by atoms with Crippen molar-refractivity contribution in [2.45, 2.75) is 19.0 Å². The number of imide groups is 1. The van der Waals surface area contributed by atoms with Gasteiger partial charge in [-0.1, -0.05) is 54.2 Å². The van der Waals surface area contributed by atoms with Crippen molar-refractivity contribution >= 4 is 23.7 Å². The monoisotopic (exact) mass is 394 g/mol. The first-order chi connectivity index (χ1) is 13.5. The molecule has 144 valence electrons. The zero-order valence-electron chi connectivity index (χ0n) is 16.0. The molecule has 0 aliphatic carbocycles. The van der Waals surface area contributed by atoms with E-state index in [1.165, 1.54) is 24.4 Å². The molecule has 0 saturated heterocycles. The minimum atomic E-state index is -0.520. The van der Waals surface area contributed by atoms with E-state index >= 15 is 0 Å². The molecule has 3 aromatic rings. The molecule has 2 N–H and O–H groups in total. The van der Waals surface area contributed by atoms with E-state index in [4.69, 9.17) is 0 Å². The van der Waals surface area contributed by atoms with Gasteiger partial charge in [-0.25, -0.2) is 9.78 Å². The Morgan fingerprint density at radius 2 is 1.82 bits per heavy atom. The quantitative estimate of drug-likeness (QED) is 0.647. The number of nitrogens with one attached hydrogen (secondary N) is 2. The molecule has 0 saturated carbocycles. The maximum absolute atomic E-state index is 12.0. The number of benzene rings is 2. The van der Waals surface area contributed by atoms with Crippen LogP contribution in [0.1, 0.15) is 11.1 Å². The standard InChI is InChI=1S/C21H22N4O2S/c1-14-8-7-11-17(15(14)2)25-18(16-9-5-4-6-10-16)12-23-21(25)28-13-19(26)24-20(27)22-3/h4-12H,13H2,1-3H3,(H2,22,24,26,27). The zero-order valence-corrected chi connectivity index (χ0v) is 16.8. The molecule has 28 heavy (non-hydrogen) atoms. The number of thioether (sulfide) groups is 1. The van der Waals surface area contributed by atoms with Gasteiger partial charge in [0, 0.05) is 12.6 Å². The molecular weight excluding hydrogens is 372 g/mol. The van der Waals surface area contributed by atoms with Crippen LogP contribution in [0.2, 0.25) is 0 Å². The highest BCUT2D eigenvalue weighted by atomic mass is 32.2. The lowest BCUT2D eigenvalue weighted by Gasteiger charge is -2.16.